The van der Waals surface area contributed by atoms with E-state index in [4.69, 9.17) is 14.2 Å². The molecule has 2 N–H and O–H groups in total. The fourth-order valence-corrected chi connectivity index (χ4v) is 13.9. The van der Waals surface area contributed by atoms with E-state index in [0.717, 1.165) is 44.5 Å². The van der Waals surface area contributed by atoms with Crippen LogP contribution in [0.25, 0.3) is 22.3 Å². The van der Waals surface area contributed by atoms with Gasteiger partial charge in [-0.1, -0.05) is 60.7 Å². The zero-order chi connectivity index (χ0) is 46.9. The first-order valence-electron chi connectivity index (χ1n) is 22.9. The second kappa shape index (κ2) is 20.8. The summed E-state index contributed by atoms with van der Waals surface area (Å²) < 4.78 is 17.2. The molecule has 2 unspecified atom stereocenters. The average Bonchev–Trinajstić information content (AvgIpc) is 3.71. The van der Waals surface area contributed by atoms with Crippen molar-refractivity contribution in [3.8, 4) is 28.0 Å². The number of nitrogens with one attached hydrogen (secondary N) is 2. The van der Waals surface area contributed by atoms with Crippen molar-refractivity contribution in [2.24, 2.45) is 0 Å². The molecule has 0 radical (unpaired) electrons. The number of esters is 1. The third-order valence-corrected chi connectivity index (χ3v) is 17.5. The molecule has 0 saturated carbocycles. The third-order valence-electron chi connectivity index (χ3n) is 12.7. The number of hydrogen-bond donors (Lipinski definition) is 2. The maximum atomic E-state index is 12.9. The second-order valence-corrected chi connectivity index (χ2v) is 20.9. The molecule has 8 aromatic rings. The average molecular weight is 917 g/mol. The van der Waals surface area contributed by atoms with Crippen LogP contribution in [0, 0.1) is 0 Å². The first-order chi connectivity index (χ1) is 33.3. The van der Waals surface area contributed by atoms with Crippen molar-refractivity contribution in [2.45, 2.75) is 45.1 Å². The van der Waals surface area contributed by atoms with Crippen LogP contribution < -0.4 is 36.6 Å². The van der Waals surface area contributed by atoms with E-state index in [0.29, 0.717) is 12.4 Å². The van der Waals surface area contributed by atoms with Crippen LogP contribution >= 0.6 is 7.26 Å². The number of ether oxygens (including phenoxy) is 3. The molecular formula is C59H53N2O6P. The van der Waals surface area contributed by atoms with Gasteiger partial charge >= 0.3 is 226 Å². The summed E-state index contributed by atoms with van der Waals surface area (Å²) in [7, 11) is -2.59. The zero-order valence-corrected chi connectivity index (χ0v) is 39.0. The molecule has 1 aliphatic rings. The van der Waals surface area contributed by atoms with Gasteiger partial charge in [0, 0.05) is 5.92 Å². The van der Waals surface area contributed by atoms with E-state index in [1.165, 1.54) is 35.1 Å². The molecule has 340 valence electrons. The van der Waals surface area contributed by atoms with Crippen LogP contribution in [-0.4, -0.2) is 36.7 Å². The van der Waals surface area contributed by atoms with Crippen LogP contribution in [0.2, 0.25) is 0 Å². The monoisotopic (exact) mass is 916 g/mol. The van der Waals surface area contributed by atoms with E-state index in [2.05, 4.69) is 162 Å². The summed E-state index contributed by atoms with van der Waals surface area (Å²) in [4.78, 5) is 38.5. The molecule has 0 aliphatic heterocycles. The van der Waals surface area contributed by atoms with Crippen LogP contribution in [0.15, 0.2) is 212 Å². The molecule has 1 aliphatic carbocycles. The summed E-state index contributed by atoms with van der Waals surface area (Å²) in [5.74, 6) is -0.566. The molecule has 0 heterocycles. The first kappa shape index (κ1) is 45.4. The number of carbonyl (C=O) groups is 3. The van der Waals surface area contributed by atoms with Gasteiger partial charge in [0.15, 0.2) is 0 Å². The van der Waals surface area contributed by atoms with E-state index in [1.54, 1.807) is 0 Å². The third kappa shape index (κ3) is 9.83. The van der Waals surface area contributed by atoms with Gasteiger partial charge in [0.1, 0.15) is 25.3 Å². The predicted octanol–water partition coefficient (Wildman–Crippen LogP) is 9.76. The summed E-state index contributed by atoms with van der Waals surface area (Å²) >= 11 is 0. The van der Waals surface area contributed by atoms with E-state index in [1.807, 2.05) is 60.7 Å². The van der Waals surface area contributed by atoms with Gasteiger partial charge in [0.2, 0.25) is 5.91 Å². The molecule has 0 aromatic heterocycles. The van der Waals surface area contributed by atoms with Crippen molar-refractivity contribution < 1.29 is 28.6 Å². The Bertz CT molecular complexity index is 2840. The molecule has 8 nitrogen and oxygen atoms in total. The molecule has 68 heavy (non-hydrogen) atoms. The van der Waals surface area contributed by atoms with Gasteiger partial charge in [-0.2, -0.15) is 0 Å². The number of carbonyl (C=O) groups excluding carboxylic acids is 3. The smallest absolute Gasteiger partial charge is 0.0519 e. The Morgan fingerprint density at radius 3 is 1.44 bits per heavy atom. The standard InChI is InChI=1S/C59H53N2O6P/c1-41(61-59(64)67-40-56-54-24-14-12-22-52(54)53-23-13-15-25-55(53)56)57(62)60-42(2)58(63)66-39-44-28-34-47(35-29-44)65-38-43-26-30-45(31-27-43)46-32-36-51(37-33-46)68(48-16-6-3-7-17-48,49-18-8-4-9-19-49)50-20-10-5-11-21-50/h3-37,41-42,56,68H,38-40H2,1-2H3,(H,60,62)(H,61,64). The molecule has 0 saturated heterocycles. The Morgan fingerprint density at radius 1 is 0.471 bits per heavy atom. The van der Waals surface area contributed by atoms with Crippen molar-refractivity contribution >= 4 is 46.5 Å². The Morgan fingerprint density at radius 2 is 0.912 bits per heavy atom. The minimum Gasteiger partial charge on any atom is -0.0519 e. The summed E-state index contributed by atoms with van der Waals surface area (Å²) in [6.07, 6.45) is -0.719. The number of rotatable bonds is 16. The molecule has 2 amide bonds. The Labute approximate surface area is 398 Å². The van der Waals surface area contributed by atoms with Gasteiger partial charge in [-0.25, -0.2) is 9.59 Å². The normalized spacial score (nSPS) is 13.0. The topological polar surface area (TPSA) is 103 Å². The molecule has 8 aromatic carbocycles. The van der Waals surface area contributed by atoms with Gasteiger partial charge < -0.3 is 20.1 Å². The Hall–Kier alpha value is -7.80. The minimum absolute atomic E-state index is 0.0171. The summed E-state index contributed by atoms with van der Waals surface area (Å²) in [5.41, 5.74) is 8.50. The van der Waals surface area contributed by atoms with Crippen molar-refractivity contribution in [2.75, 3.05) is 6.61 Å². The van der Waals surface area contributed by atoms with E-state index < -0.39 is 37.3 Å². The van der Waals surface area contributed by atoms with E-state index >= 15 is 0 Å². The van der Waals surface area contributed by atoms with Gasteiger partial charge in [-0.3, -0.25) is 4.79 Å². The Kier molecular flexibility index (Phi) is 13.9. The van der Waals surface area contributed by atoms with E-state index in [9.17, 15) is 14.4 Å². The van der Waals surface area contributed by atoms with Gasteiger partial charge in [-0.05, 0) is 41.7 Å². The number of fused-ring (bicyclic) bond motifs is 3. The van der Waals surface area contributed by atoms with Gasteiger partial charge in [0.05, 0.1) is 0 Å². The summed E-state index contributed by atoms with van der Waals surface area (Å²) in [5, 5.41) is 10.5. The predicted molar refractivity (Wildman–Crippen MR) is 274 cm³/mol. The van der Waals surface area contributed by atoms with Crippen molar-refractivity contribution in [1.82, 2.24) is 10.6 Å². The first-order valence-corrected chi connectivity index (χ1v) is 24.9. The van der Waals surface area contributed by atoms with Crippen molar-refractivity contribution in [3.63, 3.8) is 0 Å². The van der Waals surface area contributed by atoms with Crippen LogP contribution in [0.3, 0.4) is 0 Å². The SMILES string of the molecule is CC(NC(=O)OCC1c2ccccc2-c2ccccc21)C(=O)NC(C)C(=O)OCc1ccc(OCc2ccc(-c3ccc([PH](c4ccccc4)(c4ccccc4)c4ccccc4)cc3)cc2)cc1. The van der Waals surface area contributed by atoms with E-state index in [-0.39, 0.29) is 19.1 Å². The number of amides is 2. The maximum absolute atomic E-state index is 12.9. The fourth-order valence-electron chi connectivity index (χ4n) is 9.18. The number of hydrogen-bond acceptors (Lipinski definition) is 6. The quantitative estimate of drug-likeness (QED) is 0.0740. The molecule has 2 atom stereocenters. The second-order valence-electron chi connectivity index (χ2n) is 17.1. The number of benzene rings is 8. The molecule has 0 bridgehead atoms. The fraction of sp³-hybridized carbons (Fsp3) is 0.136. The van der Waals surface area contributed by atoms with Crippen LogP contribution in [0.1, 0.15) is 42.0 Å². The Balaban J connectivity index is 0.740. The van der Waals surface area contributed by atoms with Gasteiger partial charge in [0.25, 0.3) is 0 Å². The summed E-state index contributed by atoms with van der Waals surface area (Å²) in [6.45, 7) is 3.60. The van der Waals surface area contributed by atoms with Crippen LogP contribution in [-0.2, 0) is 32.3 Å². The zero-order valence-electron chi connectivity index (χ0n) is 38.0. The van der Waals surface area contributed by atoms with Crippen molar-refractivity contribution in [3.05, 3.63) is 235 Å². The summed E-state index contributed by atoms with van der Waals surface area (Å²) in [6, 6.07) is 71.9. The molecule has 0 fully saturated rings. The van der Waals surface area contributed by atoms with Crippen molar-refractivity contribution in [1.29, 1.82) is 0 Å². The molecular weight excluding hydrogens is 864 g/mol. The van der Waals surface area contributed by atoms with Crippen LogP contribution in [0.5, 0.6) is 5.75 Å². The van der Waals surface area contributed by atoms with Crippen LogP contribution in [0.4, 0.5) is 4.79 Å². The minimum atomic E-state index is -2.59. The molecule has 9 rings (SSSR count). The molecule has 0 spiro atoms. The molecule has 9 heteroatoms. The number of alkyl carbamates (subject to hydrolysis) is 1. The van der Waals surface area contributed by atoms with Gasteiger partial charge in [-0.15, -0.1) is 0 Å².